The van der Waals surface area contributed by atoms with Gasteiger partial charge in [-0.25, -0.2) is 40.6 Å². The molecule has 36 heteroatoms. The zero-order valence-electron chi connectivity index (χ0n) is 64.5. The van der Waals surface area contributed by atoms with Crippen LogP contribution >= 0.6 is 15.2 Å². The number of alkyl carbamates (subject to hydrolysis) is 2. The number of nitrogens with zero attached hydrogens (tertiary/aromatic N) is 2. The number of esters is 1. The van der Waals surface area contributed by atoms with Crippen molar-refractivity contribution in [1.29, 1.82) is 0 Å². The molecule has 0 bridgehead atoms. The molecular formula is C77H112N6O26P2S2. The lowest BCUT2D eigenvalue weighted by Crippen LogP contribution is -2.51. The summed E-state index contributed by atoms with van der Waals surface area (Å²) in [5.74, 6) is -0.985. The highest BCUT2D eigenvalue weighted by molar-refractivity contribution is 7.89. The maximum Gasteiger partial charge on any atom is 0.407 e. The Kier molecular flexibility index (Phi) is 36.4. The second-order valence-electron chi connectivity index (χ2n) is 28.4. The fourth-order valence-electron chi connectivity index (χ4n) is 12.8. The maximum absolute atomic E-state index is 13.9. The minimum atomic E-state index is -4.11. The summed E-state index contributed by atoms with van der Waals surface area (Å²) in [6, 6.07) is 33.3. The van der Waals surface area contributed by atoms with E-state index in [1.165, 1.54) is 60.9 Å². The number of amides is 2. The van der Waals surface area contributed by atoms with E-state index < -0.39 is 121 Å². The summed E-state index contributed by atoms with van der Waals surface area (Å²) in [6.07, 6.45) is -7.32. The van der Waals surface area contributed by atoms with Gasteiger partial charge in [0.2, 0.25) is 20.0 Å². The number of carboxylic acids is 1. The van der Waals surface area contributed by atoms with Crippen molar-refractivity contribution in [3.05, 3.63) is 150 Å². The predicted octanol–water partition coefficient (Wildman–Crippen LogP) is 8.33. The number of aliphatic hydroxyl groups excluding tert-OH is 2. The predicted molar refractivity (Wildman–Crippen MR) is 417 cm³/mol. The lowest BCUT2D eigenvalue weighted by Gasteiger charge is -2.31. The van der Waals surface area contributed by atoms with Gasteiger partial charge in [-0.2, -0.15) is 8.61 Å². The standard InChI is InChI=1S/C42H58N3O13PS.C34H50N3O13PS.CH4/c1-6-53-40(47)30(4)57-59(49,58-34-10-8-7-9-11-34)23-21-43-25-32-14-12-31(13-15-32)24-37(44-42(48)56-39-28-55-41-36(39)20-22-54-41)38(46)27-45(26-29(2)3)60(50,51)35-18-16-33(52-5)17-19-35;1-22(2)19-37(52(44,45)27-11-9-26(46-4)10-12-27)20-30(38)29(36-34(41)49-31-21-48-33-28(31)13-15-47-33)17-24-5-7-25(8-6-24)18-35-14-16-51(42,43)50-23(3)32(39)40;/h7-19,29-30,36-39,41,43,46H,6,20-28H2,1-5H3,(H,44,48);5-12,22-23,28-31,33,35,38H,13-21H2,1-4H3,(H,36,41)(H,39,40)(H,42,43);1H4/t30-,36+,37+,38-,39+,41-,59?;23-,28-,29-,30+,31-,33+;/m10./s1. The van der Waals surface area contributed by atoms with Crippen LogP contribution in [0.4, 0.5) is 9.59 Å². The first-order chi connectivity index (χ1) is 53.3. The van der Waals surface area contributed by atoms with Gasteiger partial charge >= 0.3 is 39.3 Å². The first-order valence-corrected chi connectivity index (χ1v) is 43.7. The molecule has 4 heterocycles. The fraction of sp³-hybridized carbons (Fsp3) is 0.558. The Bertz CT molecular complexity index is 4120. The monoisotopic (exact) mass is 1660 g/mol. The second kappa shape index (κ2) is 44.2. The van der Waals surface area contributed by atoms with Crippen molar-refractivity contribution < 1.29 is 122 Å². The van der Waals surface area contributed by atoms with E-state index in [0.717, 1.165) is 22.3 Å². The first-order valence-electron chi connectivity index (χ1n) is 37.3. The zero-order chi connectivity index (χ0) is 81.3. The van der Waals surface area contributed by atoms with Gasteiger partial charge in [-0.1, -0.05) is 102 Å². The molecule has 14 atom stereocenters. The number of carbonyl (C=O) groups is 4. The molecule has 628 valence electrons. The third-order valence-corrected chi connectivity index (χ3v) is 25.7. The largest absolute Gasteiger partial charge is 0.497 e. The number of hydrogen-bond acceptors (Lipinski definition) is 26. The van der Waals surface area contributed by atoms with Crippen LogP contribution in [0.5, 0.6) is 17.2 Å². The minimum Gasteiger partial charge on any atom is -0.497 e. The summed E-state index contributed by atoms with van der Waals surface area (Å²) >= 11 is 0. The number of benzene rings is 5. The first kappa shape index (κ1) is 93.0. The number of nitrogens with one attached hydrogen (secondary N) is 4. The highest BCUT2D eigenvalue weighted by Crippen LogP contribution is 2.49. The number of methoxy groups -OCH3 is 2. The van der Waals surface area contributed by atoms with Gasteiger partial charge in [0.15, 0.2) is 24.8 Å². The van der Waals surface area contributed by atoms with Crippen LogP contribution < -0.4 is 35.3 Å². The average Bonchev–Trinajstić information content (AvgIpc) is 1.79. The van der Waals surface area contributed by atoms with E-state index in [4.69, 9.17) is 61.3 Å². The molecule has 4 aliphatic rings. The SMILES string of the molecule is C.CCOC(=O)[C@@H](C)OP(=O)(CCNCc1ccc(C[C@H](NC(=O)O[C@H]2CO[C@H]3OCC[C@H]32)[C@H](O)CN(CC(C)C)S(=O)(=O)c2ccc(OC)cc2)cc1)Oc1ccccc1.COc1ccc(S(=O)(=O)N(CC(C)C)C[C@@H](O)[C@H](Cc2ccc(CNCCP(=O)(O)O[C@@H](C)C(=O)O)cc2)NC(=O)O[C@H]2CO[C@H]3OCC[C@H]32)cc1. The number of ether oxygens (including phenoxy) is 9. The lowest BCUT2D eigenvalue weighted by molar-refractivity contribution is -0.150. The summed E-state index contributed by atoms with van der Waals surface area (Å²) in [6.45, 7) is 14.0. The van der Waals surface area contributed by atoms with Crippen LogP contribution in [0.1, 0.15) is 91.0 Å². The van der Waals surface area contributed by atoms with Gasteiger partial charge in [-0.15, -0.1) is 0 Å². The molecule has 4 saturated heterocycles. The molecule has 9 rings (SSSR count). The number of sulfonamides is 2. The molecule has 113 heavy (non-hydrogen) atoms. The number of para-hydroxylation sites is 1. The molecule has 8 N–H and O–H groups in total. The summed E-state index contributed by atoms with van der Waals surface area (Å²) in [7, 11) is -13.0. The van der Waals surface area contributed by atoms with Crippen LogP contribution in [-0.4, -0.2) is 230 Å². The number of hydrogen-bond donors (Lipinski definition) is 8. The van der Waals surface area contributed by atoms with E-state index in [1.807, 2.05) is 52.0 Å². The summed E-state index contributed by atoms with van der Waals surface area (Å²) in [5, 5.41) is 44.1. The molecule has 0 spiro atoms. The molecule has 2 unspecified atom stereocenters. The normalized spacial score (nSPS) is 20.7. The number of aliphatic carboxylic acids is 1. The Morgan fingerprint density at radius 2 is 0.965 bits per heavy atom. The molecule has 5 aromatic rings. The molecule has 0 aliphatic carbocycles. The van der Waals surface area contributed by atoms with Crippen molar-refractivity contribution in [2.75, 3.05) is 98.8 Å². The maximum atomic E-state index is 13.9. The quantitative estimate of drug-likeness (QED) is 0.00786. The van der Waals surface area contributed by atoms with E-state index in [0.29, 0.717) is 56.4 Å². The summed E-state index contributed by atoms with van der Waals surface area (Å²) in [4.78, 5) is 59.8. The Labute approximate surface area is 662 Å². The van der Waals surface area contributed by atoms with Gasteiger partial charge in [0, 0.05) is 52.4 Å². The van der Waals surface area contributed by atoms with E-state index >= 15 is 0 Å². The lowest BCUT2D eigenvalue weighted by atomic mass is 10.00. The zero-order valence-corrected chi connectivity index (χ0v) is 67.9. The topological polar surface area (TPSA) is 417 Å². The van der Waals surface area contributed by atoms with Gasteiger partial charge in [-0.05, 0) is 141 Å². The fourth-order valence-corrected chi connectivity index (χ4v) is 18.8. The summed E-state index contributed by atoms with van der Waals surface area (Å²) < 4.78 is 149. The van der Waals surface area contributed by atoms with Crippen LogP contribution in [0.15, 0.2) is 137 Å². The molecule has 2 amide bonds. The van der Waals surface area contributed by atoms with Crippen molar-refractivity contribution in [3.63, 3.8) is 0 Å². The highest BCUT2D eigenvalue weighted by atomic mass is 32.2. The number of carbonyl (C=O) groups excluding carboxylic acids is 3. The van der Waals surface area contributed by atoms with Gasteiger partial charge < -0.3 is 88.6 Å². The van der Waals surface area contributed by atoms with E-state index in [2.05, 4.69) is 21.3 Å². The molecule has 4 fully saturated rings. The van der Waals surface area contributed by atoms with Gasteiger partial charge in [0.1, 0.15) is 29.5 Å². The van der Waals surface area contributed by atoms with Crippen molar-refractivity contribution in [2.24, 2.45) is 23.7 Å². The molecule has 0 aromatic heterocycles. The van der Waals surface area contributed by atoms with Crippen molar-refractivity contribution in [1.82, 2.24) is 29.9 Å². The third kappa shape index (κ3) is 28.6. The molecule has 5 aromatic carbocycles. The number of carboxylic acid groups (broad SMARTS) is 1. The van der Waals surface area contributed by atoms with Crippen molar-refractivity contribution in [2.45, 2.75) is 166 Å². The van der Waals surface area contributed by atoms with Gasteiger partial charge in [-0.3, -0.25) is 13.6 Å². The molecule has 0 saturated carbocycles. The van der Waals surface area contributed by atoms with Crippen LogP contribution in [0.2, 0.25) is 0 Å². The van der Waals surface area contributed by atoms with Gasteiger partial charge in [0.05, 0.1) is 105 Å². The van der Waals surface area contributed by atoms with Gasteiger partial charge in [0.25, 0.3) is 0 Å². The highest BCUT2D eigenvalue weighted by Gasteiger charge is 2.46. The Hall–Kier alpha value is -7.18. The molecule has 4 aliphatic heterocycles. The Morgan fingerprint density at radius 1 is 0.549 bits per heavy atom. The van der Waals surface area contributed by atoms with E-state index in [1.54, 1.807) is 85.8 Å². The molecular weight excluding hydrogens is 1550 g/mol. The second-order valence-corrected chi connectivity index (χ2v) is 36.3. The molecule has 32 nitrogen and oxygen atoms in total. The van der Waals surface area contributed by atoms with Crippen LogP contribution in [0, 0.1) is 23.7 Å². The van der Waals surface area contributed by atoms with Crippen LogP contribution in [0.25, 0.3) is 0 Å². The third-order valence-electron chi connectivity index (χ3n) is 18.7. The number of fused-ring (bicyclic) bond motifs is 2. The smallest absolute Gasteiger partial charge is 0.407 e. The van der Waals surface area contributed by atoms with Crippen molar-refractivity contribution in [3.8, 4) is 17.2 Å². The summed E-state index contributed by atoms with van der Waals surface area (Å²) in [5.41, 5.74) is 3.19. The Balaban J connectivity index is 0.000000314. The molecule has 0 radical (unpaired) electrons. The van der Waals surface area contributed by atoms with Crippen LogP contribution in [0.3, 0.4) is 0 Å². The van der Waals surface area contributed by atoms with E-state index in [9.17, 15) is 60.3 Å². The van der Waals surface area contributed by atoms with Crippen LogP contribution in [-0.2, 0) is 107 Å². The number of rotatable bonds is 43. The average molecular weight is 1660 g/mol. The number of aliphatic hydroxyl groups is 2. The minimum absolute atomic E-state index is 0. The van der Waals surface area contributed by atoms with Crippen molar-refractivity contribution >= 4 is 59.4 Å². The Morgan fingerprint density at radius 3 is 1.36 bits per heavy atom. The van der Waals surface area contributed by atoms with E-state index in [-0.39, 0.29) is 125 Å².